The number of nitrogens with one attached hydrogen (secondary N) is 2. The van der Waals surface area contributed by atoms with E-state index in [4.69, 9.17) is 17.3 Å². The van der Waals surface area contributed by atoms with Crippen LogP contribution in [-0.2, 0) is 0 Å². The first-order valence-electron chi connectivity index (χ1n) is 8.01. The van der Waals surface area contributed by atoms with Crippen molar-refractivity contribution >= 4 is 34.8 Å². The Balaban J connectivity index is 2.14. The zero-order chi connectivity index (χ0) is 18.6. The van der Waals surface area contributed by atoms with Crippen molar-refractivity contribution < 1.29 is 9.59 Å². The molecule has 5 nitrogen and oxygen atoms in total. The van der Waals surface area contributed by atoms with E-state index in [9.17, 15) is 9.59 Å². The van der Waals surface area contributed by atoms with Crippen molar-refractivity contribution in [2.24, 2.45) is 0 Å². The Labute approximate surface area is 152 Å². The molecule has 0 aromatic heterocycles. The Morgan fingerprint density at radius 1 is 1.12 bits per heavy atom. The highest BCUT2D eigenvalue weighted by molar-refractivity contribution is 6.34. The molecule has 0 saturated carbocycles. The second-order valence-electron chi connectivity index (χ2n) is 6.47. The third kappa shape index (κ3) is 4.97. The number of carbonyl (C=O) groups excluding carboxylic acids is 2. The van der Waals surface area contributed by atoms with Gasteiger partial charge < -0.3 is 16.4 Å². The van der Waals surface area contributed by atoms with Crippen LogP contribution in [0.5, 0.6) is 0 Å². The van der Waals surface area contributed by atoms with Crippen molar-refractivity contribution in [3.63, 3.8) is 0 Å². The van der Waals surface area contributed by atoms with Gasteiger partial charge in [-0.2, -0.15) is 0 Å². The molecule has 25 heavy (non-hydrogen) atoms. The van der Waals surface area contributed by atoms with E-state index in [-0.39, 0.29) is 22.4 Å². The van der Waals surface area contributed by atoms with Crippen molar-refractivity contribution in [2.75, 3.05) is 11.1 Å². The van der Waals surface area contributed by atoms with Gasteiger partial charge in [0.2, 0.25) is 0 Å². The number of hydrogen-bond acceptors (Lipinski definition) is 3. The zero-order valence-electron chi connectivity index (χ0n) is 14.5. The predicted molar refractivity (Wildman–Crippen MR) is 102 cm³/mol. The van der Waals surface area contributed by atoms with Gasteiger partial charge in [0.15, 0.2) is 0 Å². The third-order valence-electron chi connectivity index (χ3n) is 3.96. The largest absolute Gasteiger partial charge is 0.399 e. The number of nitrogen functional groups attached to an aromatic ring is 1. The number of rotatable bonds is 5. The summed E-state index contributed by atoms with van der Waals surface area (Å²) < 4.78 is 0. The van der Waals surface area contributed by atoms with Gasteiger partial charge in [0.1, 0.15) is 0 Å². The highest BCUT2D eigenvalue weighted by Crippen LogP contribution is 2.23. The summed E-state index contributed by atoms with van der Waals surface area (Å²) in [5.74, 6) is -0.543. The maximum Gasteiger partial charge on any atom is 0.255 e. The minimum Gasteiger partial charge on any atom is -0.399 e. The number of amides is 2. The van der Waals surface area contributed by atoms with Crippen molar-refractivity contribution in [1.82, 2.24) is 5.32 Å². The Bertz CT molecular complexity index is 803. The lowest BCUT2D eigenvalue weighted by Gasteiger charge is -2.24. The molecular weight excluding hydrogens is 338 g/mol. The molecule has 2 aromatic rings. The molecule has 6 heteroatoms. The highest BCUT2D eigenvalue weighted by Gasteiger charge is 2.20. The van der Waals surface area contributed by atoms with Gasteiger partial charge in [0, 0.05) is 22.5 Å². The highest BCUT2D eigenvalue weighted by atomic mass is 35.5. The summed E-state index contributed by atoms with van der Waals surface area (Å²) in [6.45, 7) is 5.88. The van der Waals surface area contributed by atoms with Crippen LogP contribution in [-0.4, -0.2) is 17.4 Å². The van der Waals surface area contributed by atoms with Crippen molar-refractivity contribution in [3.05, 3.63) is 58.6 Å². The first-order valence-corrected chi connectivity index (χ1v) is 8.38. The van der Waals surface area contributed by atoms with Crippen LogP contribution in [0.25, 0.3) is 0 Å². The smallest absolute Gasteiger partial charge is 0.255 e. The molecule has 0 unspecified atom stereocenters. The Morgan fingerprint density at radius 2 is 1.84 bits per heavy atom. The first kappa shape index (κ1) is 18.8. The first-order chi connectivity index (χ1) is 11.7. The summed E-state index contributed by atoms with van der Waals surface area (Å²) in [6, 6.07) is 11.5. The number of halogens is 1. The van der Waals surface area contributed by atoms with E-state index in [1.807, 2.05) is 20.8 Å². The average molecular weight is 360 g/mol. The molecule has 2 amide bonds. The van der Waals surface area contributed by atoms with Gasteiger partial charge in [-0.15, -0.1) is 0 Å². The van der Waals surface area contributed by atoms with Crippen LogP contribution in [0.4, 0.5) is 11.4 Å². The fraction of sp³-hybridized carbons (Fsp3) is 0.263. The Kier molecular flexibility index (Phi) is 5.69. The van der Waals surface area contributed by atoms with Gasteiger partial charge in [0.05, 0.1) is 10.6 Å². The maximum absolute atomic E-state index is 12.3. The molecule has 0 aliphatic carbocycles. The standard InChI is InChI=1S/C19H22ClN3O2/c1-4-19(2,3)23-18(25)15-9-8-14(11-16(15)20)22-17(24)12-6-5-7-13(21)10-12/h5-11H,4,21H2,1-3H3,(H,22,24)(H,23,25). The average Bonchev–Trinajstić information content (AvgIpc) is 2.54. The molecule has 0 heterocycles. The van der Waals surface area contributed by atoms with Gasteiger partial charge in [-0.25, -0.2) is 0 Å². The van der Waals surface area contributed by atoms with Crippen molar-refractivity contribution in [3.8, 4) is 0 Å². The minimum atomic E-state index is -0.319. The van der Waals surface area contributed by atoms with Crippen LogP contribution in [0, 0.1) is 0 Å². The van der Waals surface area contributed by atoms with Crippen LogP contribution in [0.15, 0.2) is 42.5 Å². The van der Waals surface area contributed by atoms with Gasteiger partial charge in [-0.1, -0.05) is 24.6 Å². The lowest BCUT2D eigenvalue weighted by atomic mass is 10.0. The van der Waals surface area contributed by atoms with E-state index in [1.54, 1.807) is 42.5 Å². The van der Waals surface area contributed by atoms with E-state index in [2.05, 4.69) is 10.6 Å². The number of nitrogens with two attached hydrogens (primary N) is 1. The molecule has 0 spiro atoms. The lowest BCUT2D eigenvalue weighted by molar-refractivity contribution is 0.0911. The summed E-state index contributed by atoms with van der Waals surface area (Å²) in [4.78, 5) is 24.6. The topological polar surface area (TPSA) is 84.2 Å². The van der Waals surface area contributed by atoms with Crippen molar-refractivity contribution in [1.29, 1.82) is 0 Å². The minimum absolute atomic E-state index is 0.245. The van der Waals surface area contributed by atoms with Crippen LogP contribution >= 0.6 is 11.6 Å². The van der Waals surface area contributed by atoms with E-state index in [0.29, 0.717) is 22.5 Å². The molecule has 2 rings (SSSR count). The molecule has 4 N–H and O–H groups in total. The van der Waals surface area contributed by atoms with Crippen LogP contribution in [0.2, 0.25) is 5.02 Å². The van der Waals surface area contributed by atoms with Crippen molar-refractivity contribution in [2.45, 2.75) is 32.7 Å². The summed E-state index contributed by atoms with van der Waals surface area (Å²) in [5.41, 5.74) is 7.19. The molecule has 132 valence electrons. The monoisotopic (exact) mass is 359 g/mol. The fourth-order valence-corrected chi connectivity index (χ4v) is 2.39. The molecule has 0 saturated heterocycles. The van der Waals surface area contributed by atoms with Gasteiger partial charge in [0.25, 0.3) is 11.8 Å². The Hall–Kier alpha value is -2.53. The van der Waals surface area contributed by atoms with Gasteiger partial charge in [-0.05, 0) is 56.7 Å². The lowest BCUT2D eigenvalue weighted by Crippen LogP contribution is -2.42. The fourth-order valence-electron chi connectivity index (χ4n) is 2.12. The molecule has 0 fully saturated rings. The van der Waals surface area contributed by atoms with Gasteiger partial charge >= 0.3 is 0 Å². The SMILES string of the molecule is CCC(C)(C)NC(=O)c1ccc(NC(=O)c2cccc(N)c2)cc1Cl. The normalized spacial score (nSPS) is 11.0. The predicted octanol–water partition coefficient (Wildman–Crippen LogP) is 4.09. The second-order valence-corrected chi connectivity index (χ2v) is 6.87. The molecular formula is C19H22ClN3O2. The van der Waals surface area contributed by atoms with Gasteiger partial charge in [-0.3, -0.25) is 9.59 Å². The number of carbonyl (C=O) groups is 2. The van der Waals surface area contributed by atoms with E-state index in [0.717, 1.165) is 6.42 Å². The third-order valence-corrected chi connectivity index (χ3v) is 4.27. The summed E-state index contributed by atoms with van der Waals surface area (Å²) >= 11 is 6.22. The second kappa shape index (κ2) is 7.57. The quantitative estimate of drug-likeness (QED) is 0.703. The summed E-state index contributed by atoms with van der Waals surface area (Å²) in [6.07, 6.45) is 0.796. The van der Waals surface area contributed by atoms with E-state index in [1.165, 1.54) is 0 Å². The van der Waals surface area contributed by atoms with Crippen LogP contribution in [0.1, 0.15) is 47.9 Å². The number of anilines is 2. The van der Waals surface area contributed by atoms with Crippen LogP contribution in [0.3, 0.4) is 0 Å². The molecule has 0 atom stereocenters. The molecule has 2 aromatic carbocycles. The van der Waals surface area contributed by atoms with Crippen LogP contribution < -0.4 is 16.4 Å². The zero-order valence-corrected chi connectivity index (χ0v) is 15.3. The summed E-state index contributed by atoms with van der Waals surface area (Å²) in [7, 11) is 0. The number of benzene rings is 2. The maximum atomic E-state index is 12.3. The Morgan fingerprint density at radius 3 is 2.44 bits per heavy atom. The molecule has 0 aliphatic rings. The molecule has 0 aliphatic heterocycles. The van der Waals surface area contributed by atoms with E-state index < -0.39 is 0 Å². The number of hydrogen-bond donors (Lipinski definition) is 3. The van der Waals surface area contributed by atoms with E-state index >= 15 is 0 Å². The molecule has 0 radical (unpaired) electrons. The summed E-state index contributed by atoms with van der Waals surface area (Å²) in [5, 5.41) is 5.94. The molecule has 0 bridgehead atoms.